The molecule has 1 radical (unpaired) electrons. The topological polar surface area (TPSA) is 36.7 Å². The predicted octanol–water partition coefficient (Wildman–Crippen LogP) is 2.05. The molecule has 3 heteroatoms. The molecule has 0 saturated carbocycles. The summed E-state index contributed by atoms with van der Waals surface area (Å²) in [4.78, 5) is 4.26. The second kappa shape index (κ2) is 3.12. The SMILES string of the molecule is CC(C)c1csc(C[NH])n1. The summed E-state index contributed by atoms with van der Waals surface area (Å²) < 4.78 is 0. The smallest absolute Gasteiger partial charge is 0.108 e. The Morgan fingerprint density at radius 1 is 1.70 bits per heavy atom. The van der Waals surface area contributed by atoms with E-state index in [1.54, 1.807) is 11.3 Å². The monoisotopic (exact) mass is 155 g/mol. The molecule has 0 aliphatic rings. The van der Waals surface area contributed by atoms with Crippen LogP contribution in [0.15, 0.2) is 5.38 Å². The van der Waals surface area contributed by atoms with Gasteiger partial charge in [-0.25, -0.2) is 4.98 Å². The quantitative estimate of drug-likeness (QED) is 0.644. The number of aromatic nitrogens is 1. The van der Waals surface area contributed by atoms with Crippen LogP contribution in [-0.2, 0) is 6.54 Å². The molecule has 0 bridgehead atoms. The fourth-order valence-electron chi connectivity index (χ4n) is 0.671. The maximum Gasteiger partial charge on any atom is 0.108 e. The number of thiazole rings is 1. The van der Waals surface area contributed by atoms with Crippen molar-refractivity contribution in [1.82, 2.24) is 10.7 Å². The van der Waals surface area contributed by atoms with Gasteiger partial charge in [-0.1, -0.05) is 13.8 Å². The molecule has 0 aliphatic heterocycles. The molecule has 0 fully saturated rings. The molecule has 2 nitrogen and oxygen atoms in total. The van der Waals surface area contributed by atoms with Gasteiger partial charge >= 0.3 is 0 Å². The van der Waals surface area contributed by atoms with Crippen LogP contribution in [0.3, 0.4) is 0 Å². The van der Waals surface area contributed by atoms with Gasteiger partial charge in [-0.2, -0.15) is 0 Å². The Balaban J connectivity index is 2.78. The van der Waals surface area contributed by atoms with Crippen LogP contribution < -0.4 is 5.73 Å². The first kappa shape index (κ1) is 7.69. The average Bonchev–Trinajstić information content (AvgIpc) is 2.34. The largest absolute Gasteiger partial charge is 0.251 e. The van der Waals surface area contributed by atoms with Crippen molar-refractivity contribution in [2.45, 2.75) is 26.3 Å². The summed E-state index contributed by atoms with van der Waals surface area (Å²) in [6.07, 6.45) is 0. The van der Waals surface area contributed by atoms with Gasteiger partial charge in [-0.3, -0.25) is 5.73 Å². The summed E-state index contributed by atoms with van der Waals surface area (Å²) in [6, 6.07) is 0. The van der Waals surface area contributed by atoms with Crippen LogP contribution in [-0.4, -0.2) is 4.98 Å². The van der Waals surface area contributed by atoms with E-state index in [2.05, 4.69) is 18.8 Å². The van der Waals surface area contributed by atoms with Crippen LogP contribution in [0.4, 0.5) is 0 Å². The van der Waals surface area contributed by atoms with Crippen LogP contribution >= 0.6 is 11.3 Å². The van der Waals surface area contributed by atoms with Gasteiger partial charge in [0.05, 0.1) is 12.2 Å². The molecule has 10 heavy (non-hydrogen) atoms. The van der Waals surface area contributed by atoms with Crippen LogP contribution in [0.5, 0.6) is 0 Å². The first-order valence-corrected chi connectivity index (χ1v) is 4.21. The van der Waals surface area contributed by atoms with E-state index in [0.29, 0.717) is 12.5 Å². The molecule has 55 valence electrons. The van der Waals surface area contributed by atoms with Crippen molar-refractivity contribution in [3.05, 3.63) is 16.1 Å². The highest BCUT2D eigenvalue weighted by Gasteiger charge is 2.03. The van der Waals surface area contributed by atoms with Gasteiger partial charge in [0.2, 0.25) is 0 Å². The molecule has 0 spiro atoms. The lowest BCUT2D eigenvalue weighted by molar-refractivity contribution is 0.819. The molecule has 0 unspecified atom stereocenters. The van der Waals surface area contributed by atoms with Crippen LogP contribution in [0.2, 0.25) is 0 Å². The fraction of sp³-hybridized carbons (Fsp3) is 0.571. The van der Waals surface area contributed by atoms with Crippen molar-refractivity contribution >= 4 is 11.3 Å². The first-order chi connectivity index (χ1) is 4.74. The van der Waals surface area contributed by atoms with Crippen molar-refractivity contribution in [2.75, 3.05) is 0 Å². The number of hydrogen-bond donors (Lipinski definition) is 0. The molecule has 1 N–H and O–H groups in total. The molecular weight excluding hydrogens is 144 g/mol. The zero-order valence-electron chi connectivity index (χ0n) is 6.22. The Hall–Kier alpha value is -0.410. The van der Waals surface area contributed by atoms with Crippen molar-refractivity contribution in [2.24, 2.45) is 0 Å². The molecular formula is C7H11N2S. The highest BCUT2D eigenvalue weighted by Crippen LogP contribution is 2.16. The normalized spacial score (nSPS) is 10.8. The lowest BCUT2D eigenvalue weighted by atomic mass is 10.2. The van der Waals surface area contributed by atoms with Crippen molar-refractivity contribution in [3.63, 3.8) is 0 Å². The van der Waals surface area contributed by atoms with Gasteiger partial charge in [0.15, 0.2) is 0 Å². The summed E-state index contributed by atoms with van der Waals surface area (Å²) in [5.74, 6) is 0.497. The maximum atomic E-state index is 7.05. The summed E-state index contributed by atoms with van der Waals surface area (Å²) in [5.41, 5.74) is 8.16. The molecule has 0 aliphatic carbocycles. The number of nitrogens with one attached hydrogen (secondary N) is 1. The zero-order valence-corrected chi connectivity index (χ0v) is 7.03. The Morgan fingerprint density at radius 2 is 2.40 bits per heavy atom. The van der Waals surface area contributed by atoms with Gasteiger partial charge in [0, 0.05) is 5.38 Å². The van der Waals surface area contributed by atoms with E-state index in [0.717, 1.165) is 10.7 Å². The molecule has 1 rings (SSSR count). The zero-order chi connectivity index (χ0) is 7.56. The average molecular weight is 155 g/mol. The standard InChI is InChI=1S/C7H11N2S/c1-5(2)6-4-10-7(3-8)9-6/h4-5,8H,3H2,1-2H3. The lowest BCUT2D eigenvalue weighted by Gasteiger charge is -1.95. The minimum Gasteiger partial charge on any atom is -0.251 e. The van der Waals surface area contributed by atoms with Crippen LogP contribution in [0, 0.1) is 0 Å². The first-order valence-electron chi connectivity index (χ1n) is 3.33. The second-order valence-corrected chi connectivity index (χ2v) is 3.44. The van der Waals surface area contributed by atoms with Gasteiger partial charge in [-0.05, 0) is 5.92 Å². The minimum absolute atomic E-state index is 0.317. The Labute approximate surface area is 65.1 Å². The van der Waals surface area contributed by atoms with E-state index in [-0.39, 0.29) is 0 Å². The van der Waals surface area contributed by atoms with E-state index >= 15 is 0 Å². The van der Waals surface area contributed by atoms with Crippen LogP contribution in [0.1, 0.15) is 30.5 Å². The van der Waals surface area contributed by atoms with Crippen molar-refractivity contribution in [3.8, 4) is 0 Å². The Morgan fingerprint density at radius 3 is 2.70 bits per heavy atom. The minimum atomic E-state index is 0.317. The Bertz CT molecular complexity index is 205. The van der Waals surface area contributed by atoms with Gasteiger partial charge in [-0.15, -0.1) is 11.3 Å². The molecule has 1 heterocycles. The summed E-state index contributed by atoms with van der Waals surface area (Å²) >= 11 is 1.58. The van der Waals surface area contributed by atoms with E-state index in [4.69, 9.17) is 5.73 Å². The van der Waals surface area contributed by atoms with Crippen molar-refractivity contribution in [1.29, 1.82) is 0 Å². The summed E-state index contributed by atoms with van der Waals surface area (Å²) in [7, 11) is 0. The van der Waals surface area contributed by atoms with Gasteiger partial charge < -0.3 is 0 Å². The summed E-state index contributed by atoms with van der Waals surface area (Å²) in [5, 5.41) is 2.96. The molecule has 1 aromatic rings. The third-order valence-corrected chi connectivity index (χ3v) is 2.18. The number of rotatable bonds is 2. The fourth-order valence-corrected chi connectivity index (χ4v) is 1.49. The highest BCUT2D eigenvalue weighted by molar-refractivity contribution is 7.09. The number of hydrogen-bond acceptors (Lipinski definition) is 2. The van der Waals surface area contributed by atoms with E-state index < -0.39 is 0 Å². The lowest BCUT2D eigenvalue weighted by Crippen LogP contribution is -1.88. The molecule has 0 atom stereocenters. The van der Waals surface area contributed by atoms with Gasteiger partial charge in [0.25, 0.3) is 0 Å². The van der Waals surface area contributed by atoms with Crippen LogP contribution in [0.25, 0.3) is 0 Å². The van der Waals surface area contributed by atoms with E-state index in [1.165, 1.54) is 0 Å². The maximum absolute atomic E-state index is 7.05. The van der Waals surface area contributed by atoms with E-state index in [1.807, 2.05) is 5.38 Å². The Kier molecular flexibility index (Phi) is 2.40. The third-order valence-electron chi connectivity index (χ3n) is 1.31. The summed E-state index contributed by atoms with van der Waals surface area (Å²) in [6.45, 7) is 4.54. The second-order valence-electron chi connectivity index (χ2n) is 2.50. The van der Waals surface area contributed by atoms with Gasteiger partial charge in [0.1, 0.15) is 5.01 Å². The predicted molar refractivity (Wildman–Crippen MR) is 43.0 cm³/mol. The van der Waals surface area contributed by atoms with Crippen molar-refractivity contribution < 1.29 is 0 Å². The highest BCUT2D eigenvalue weighted by atomic mass is 32.1. The molecule has 0 saturated heterocycles. The number of nitrogens with zero attached hydrogens (tertiary/aromatic N) is 1. The molecule has 0 aromatic carbocycles. The van der Waals surface area contributed by atoms with E-state index in [9.17, 15) is 0 Å². The molecule has 0 amide bonds. The third kappa shape index (κ3) is 1.55. The molecule has 1 aromatic heterocycles.